The quantitative estimate of drug-likeness (QED) is 0.118. The molecule has 1 atom stereocenters. The lowest BCUT2D eigenvalue weighted by Gasteiger charge is -2.28. The summed E-state index contributed by atoms with van der Waals surface area (Å²) in [6, 6.07) is 14.3. The Morgan fingerprint density at radius 1 is 1.07 bits per heavy atom. The van der Waals surface area contributed by atoms with Gasteiger partial charge in [0.15, 0.2) is 23.9 Å². The monoisotopic (exact) mass is 718 g/mol. The van der Waals surface area contributed by atoms with Crippen molar-refractivity contribution in [2.24, 2.45) is 5.10 Å². The molecule has 0 saturated carbocycles. The minimum atomic E-state index is -0.781. The van der Waals surface area contributed by atoms with Crippen molar-refractivity contribution in [2.45, 2.75) is 26.5 Å². The van der Waals surface area contributed by atoms with E-state index in [9.17, 15) is 14.4 Å². The number of hydrogen-bond donors (Lipinski definition) is 3. The molecule has 1 aliphatic heterocycles. The van der Waals surface area contributed by atoms with E-state index >= 15 is 0 Å². The zero-order chi connectivity index (χ0) is 32.5. The standard InChI is InChI=1S/C31H29BrCl2N4O7/c1-4-43-30(40)27-17(2)36-31(41)37-28(27)20-7-10-24(25(13-20)42-3)44-16-26(39)38-35-14-19-11-22(32)29(23(34)12-19)45-15-18-5-8-21(33)9-6-18/h5-14,28H,4,15-16H2,1-3H3,(H,38,39)(H2,36,37,41)/b35-14-/t28-/m1/s1. The Hall–Kier alpha value is -4.26. The molecule has 3 aromatic rings. The first kappa shape index (κ1) is 33.6. The fourth-order valence-electron chi connectivity index (χ4n) is 4.29. The van der Waals surface area contributed by atoms with Gasteiger partial charge >= 0.3 is 12.0 Å². The van der Waals surface area contributed by atoms with Crippen LogP contribution in [-0.2, 0) is 20.9 Å². The molecule has 3 amide bonds. The first-order valence-electron chi connectivity index (χ1n) is 13.5. The van der Waals surface area contributed by atoms with E-state index in [-0.39, 0.29) is 30.3 Å². The Morgan fingerprint density at radius 3 is 2.51 bits per heavy atom. The average molecular weight is 720 g/mol. The van der Waals surface area contributed by atoms with E-state index in [1.54, 1.807) is 56.3 Å². The van der Waals surface area contributed by atoms with E-state index in [0.29, 0.717) is 43.7 Å². The fraction of sp³-hybridized carbons (Fsp3) is 0.226. The number of esters is 1. The number of ether oxygens (including phenoxy) is 4. The zero-order valence-electron chi connectivity index (χ0n) is 24.4. The number of nitrogens with zero attached hydrogens (tertiary/aromatic N) is 1. The fourth-order valence-corrected chi connectivity index (χ4v) is 5.40. The van der Waals surface area contributed by atoms with Gasteiger partial charge in [-0.1, -0.05) is 41.4 Å². The van der Waals surface area contributed by atoms with Crippen molar-refractivity contribution in [1.82, 2.24) is 16.1 Å². The number of amides is 3. The lowest BCUT2D eigenvalue weighted by atomic mass is 9.95. The van der Waals surface area contributed by atoms with Gasteiger partial charge in [0.1, 0.15) is 6.61 Å². The molecule has 45 heavy (non-hydrogen) atoms. The van der Waals surface area contributed by atoms with Crippen LogP contribution in [0.25, 0.3) is 0 Å². The smallest absolute Gasteiger partial charge is 0.338 e. The van der Waals surface area contributed by atoms with Gasteiger partial charge in [0.2, 0.25) is 0 Å². The van der Waals surface area contributed by atoms with Gasteiger partial charge in [0.25, 0.3) is 5.91 Å². The predicted molar refractivity (Wildman–Crippen MR) is 173 cm³/mol. The molecule has 11 nitrogen and oxygen atoms in total. The van der Waals surface area contributed by atoms with E-state index in [1.165, 1.54) is 13.3 Å². The number of carbonyl (C=O) groups is 3. The van der Waals surface area contributed by atoms with Crippen LogP contribution in [0.3, 0.4) is 0 Å². The molecule has 0 spiro atoms. The first-order valence-corrected chi connectivity index (χ1v) is 15.1. The number of carbonyl (C=O) groups excluding carboxylic acids is 3. The molecule has 0 aliphatic carbocycles. The summed E-state index contributed by atoms with van der Waals surface area (Å²) in [4.78, 5) is 37.2. The van der Waals surface area contributed by atoms with Crippen molar-refractivity contribution >= 4 is 63.3 Å². The second-order valence-corrected chi connectivity index (χ2v) is 11.2. The minimum absolute atomic E-state index is 0.177. The molecule has 14 heteroatoms. The number of urea groups is 1. The summed E-state index contributed by atoms with van der Waals surface area (Å²) in [7, 11) is 1.43. The van der Waals surface area contributed by atoms with Gasteiger partial charge in [-0.25, -0.2) is 15.0 Å². The number of nitrogens with one attached hydrogen (secondary N) is 3. The highest BCUT2D eigenvalue weighted by Gasteiger charge is 2.32. The van der Waals surface area contributed by atoms with Crippen LogP contribution >= 0.6 is 39.1 Å². The van der Waals surface area contributed by atoms with Crippen molar-refractivity contribution in [3.8, 4) is 17.2 Å². The van der Waals surface area contributed by atoms with Crippen LogP contribution in [0, 0.1) is 0 Å². The number of halogens is 3. The SMILES string of the molecule is CCOC(=O)C1=C(C)NC(=O)N[C@@H]1c1ccc(OCC(=O)N/N=C\c2cc(Cl)c(OCc3ccc(Cl)cc3)c(Br)c2)c(OC)c1. The maximum absolute atomic E-state index is 12.6. The number of rotatable bonds is 12. The molecule has 0 radical (unpaired) electrons. The summed E-state index contributed by atoms with van der Waals surface area (Å²) >= 11 is 15.8. The van der Waals surface area contributed by atoms with E-state index in [1.807, 2.05) is 12.1 Å². The number of hydrogen-bond acceptors (Lipinski definition) is 8. The minimum Gasteiger partial charge on any atom is -0.493 e. The van der Waals surface area contributed by atoms with Gasteiger partial charge in [0, 0.05) is 10.7 Å². The molecule has 4 rings (SSSR count). The van der Waals surface area contributed by atoms with Crippen molar-refractivity contribution in [3.63, 3.8) is 0 Å². The predicted octanol–water partition coefficient (Wildman–Crippen LogP) is 6.06. The molecule has 0 fully saturated rings. The molecule has 3 aromatic carbocycles. The third-order valence-corrected chi connectivity index (χ3v) is 7.49. The maximum atomic E-state index is 12.6. The molecule has 0 aromatic heterocycles. The molecule has 0 unspecified atom stereocenters. The van der Waals surface area contributed by atoms with Gasteiger partial charge in [-0.2, -0.15) is 5.10 Å². The summed E-state index contributed by atoms with van der Waals surface area (Å²) in [6.07, 6.45) is 1.43. The second-order valence-electron chi connectivity index (χ2n) is 9.51. The summed E-state index contributed by atoms with van der Waals surface area (Å²) in [5.74, 6) is -0.0671. The number of methoxy groups -OCH3 is 1. The Bertz CT molecular complexity index is 1620. The molecule has 1 heterocycles. The van der Waals surface area contributed by atoms with E-state index in [0.717, 1.165) is 5.56 Å². The van der Waals surface area contributed by atoms with Crippen LogP contribution in [0.2, 0.25) is 10.0 Å². The summed E-state index contributed by atoms with van der Waals surface area (Å²) in [6.45, 7) is 3.42. The Morgan fingerprint density at radius 2 is 1.82 bits per heavy atom. The molecular formula is C31H29BrCl2N4O7. The average Bonchev–Trinajstić information content (AvgIpc) is 3.00. The molecule has 0 bridgehead atoms. The van der Waals surface area contributed by atoms with E-state index in [4.69, 9.17) is 42.1 Å². The topological polar surface area (TPSA) is 137 Å². The van der Waals surface area contributed by atoms with Crippen LogP contribution in [0.1, 0.15) is 36.6 Å². The summed E-state index contributed by atoms with van der Waals surface area (Å²) in [5.41, 5.74) is 5.13. The maximum Gasteiger partial charge on any atom is 0.338 e. The van der Waals surface area contributed by atoms with Crippen LogP contribution in [0.15, 0.2) is 75.4 Å². The molecule has 3 N–H and O–H groups in total. The summed E-state index contributed by atoms with van der Waals surface area (Å²) in [5, 5.41) is 10.3. The van der Waals surface area contributed by atoms with Crippen LogP contribution in [-0.4, -0.2) is 44.4 Å². The molecular weight excluding hydrogens is 691 g/mol. The Balaban J connectivity index is 1.35. The van der Waals surface area contributed by atoms with Gasteiger partial charge < -0.3 is 29.6 Å². The van der Waals surface area contributed by atoms with Crippen molar-refractivity contribution < 1.29 is 33.3 Å². The van der Waals surface area contributed by atoms with Crippen molar-refractivity contribution in [1.29, 1.82) is 0 Å². The highest BCUT2D eigenvalue weighted by molar-refractivity contribution is 9.10. The van der Waals surface area contributed by atoms with Gasteiger partial charge in [-0.05, 0) is 82.9 Å². The highest BCUT2D eigenvalue weighted by atomic mass is 79.9. The number of benzene rings is 3. The lowest BCUT2D eigenvalue weighted by molar-refractivity contribution is -0.139. The molecule has 236 valence electrons. The highest BCUT2D eigenvalue weighted by Crippen LogP contribution is 2.36. The molecule has 1 aliphatic rings. The van der Waals surface area contributed by atoms with E-state index in [2.05, 4.69) is 37.1 Å². The largest absolute Gasteiger partial charge is 0.493 e. The third kappa shape index (κ3) is 8.90. The van der Waals surface area contributed by atoms with Gasteiger partial charge in [-0.15, -0.1) is 0 Å². The van der Waals surface area contributed by atoms with E-state index < -0.39 is 23.9 Å². The molecule has 0 saturated heterocycles. The van der Waals surface area contributed by atoms with Crippen LogP contribution in [0.5, 0.6) is 17.2 Å². The van der Waals surface area contributed by atoms with Crippen molar-refractivity contribution in [3.05, 3.63) is 97.1 Å². The van der Waals surface area contributed by atoms with Crippen LogP contribution < -0.4 is 30.3 Å². The van der Waals surface area contributed by atoms with Gasteiger partial charge in [-0.3, -0.25) is 4.79 Å². The normalized spacial score (nSPS) is 14.4. The second kappa shape index (κ2) is 15.6. The Labute approximate surface area is 278 Å². The zero-order valence-corrected chi connectivity index (χ0v) is 27.5. The number of allylic oxidation sites excluding steroid dienone is 1. The summed E-state index contributed by atoms with van der Waals surface area (Å²) < 4.78 is 22.7. The Kier molecular flexibility index (Phi) is 11.7. The number of hydrazone groups is 1. The lowest BCUT2D eigenvalue weighted by Crippen LogP contribution is -2.45. The third-order valence-electron chi connectivity index (χ3n) is 6.36. The first-order chi connectivity index (χ1) is 21.6. The van der Waals surface area contributed by atoms with Gasteiger partial charge in [0.05, 0.1) is 41.0 Å². The van der Waals surface area contributed by atoms with Crippen LogP contribution in [0.4, 0.5) is 4.79 Å². The van der Waals surface area contributed by atoms with Crippen molar-refractivity contribution in [2.75, 3.05) is 20.3 Å².